The maximum atomic E-state index is 14.6. The highest BCUT2D eigenvalue weighted by atomic mass is 19.1. The average Bonchev–Trinajstić information content (AvgIpc) is 3.14. The number of nitrogens with one attached hydrogen (secondary N) is 2. The first kappa shape index (κ1) is 16.1. The zero-order chi connectivity index (χ0) is 16.9. The number of methoxy groups -OCH3 is 1. The van der Waals surface area contributed by atoms with Crippen molar-refractivity contribution in [1.82, 2.24) is 20.7 Å². The second-order valence-corrected chi connectivity index (χ2v) is 5.26. The predicted octanol–water partition coefficient (Wildman–Crippen LogP) is 2.19. The Morgan fingerprint density at radius 1 is 1.50 bits per heavy atom. The predicted molar refractivity (Wildman–Crippen MR) is 83.6 cm³/mol. The van der Waals surface area contributed by atoms with Crippen molar-refractivity contribution in [2.24, 2.45) is 0 Å². The van der Waals surface area contributed by atoms with Crippen LogP contribution in [0.4, 0.5) is 9.18 Å². The van der Waals surface area contributed by atoms with E-state index in [4.69, 9.17) is 4.74 Å². The van der Waals surface area contributed by atoms with Crippen LogP contribution < -0.4 is 5.32 Å². The molecule has 8 heteroatoms. The highest BCUT2D eigenvalue weighted by Gasteiger charge is 2.22. The second-order valence-electron chi connectivity index (χ2n) is 5.26. The minimum Gasteiger partial charge on any atom is -0.453 e. The average molecular weight is 332 g/mol. The van der Waals surface area contributed by atoms with E-state index in [1.807, 2.05) is 6.08 Å². The Hall–Kier alpha value is -2.74. The van der Waals surface area contributed by atoms with E-state index < -0.39 is 12.1 Å². The highest BCUT2D eigenvalue weighted by Crippen LogP contribution is 2.28. The molecule has 1 aliphatic heterocycles. The molecule has 7 nitrogen and oxygen atoms in total. The van der Waals surface area contributed by atoms with Gasteiger partial charge in [-0.25, -0.2) is 9.18 Å². The Morgan fingerprint density at radius 3 is 3.00 bits per heavy atom. The molecule has 1 amide bonds. The van der Waals surface area contributed by atoms with E-state index in [1.165, 1.54) is 19.4 Å². The van der Waals surface area contributed by atoms with Gasteiger partial charge in [-0.1, -0.05) is 18.2 Å². The largest absolute Gasteiger partial charge is 0.453 e. The molecule has 1 aromatic carbocycles. The van der Waals surface area contributed by atoms with Crippen LogP contribution in [-0.4, -0.2) is 41.8 Å². The normalized spacial score (nSPS) is 15.5. The lowest BCUT2D eigenvalue weighted by atomic mass is 9.96. The minimum atomic E-state index is -0.664. The van der Waals surface area contributed by atoms with Crippen LogP contribution in [0.1, 0.15) is 29.3 Å². The molecule has 0 bridgehead atoms. The van der Waals surface area contributed by atoms with Gasteiger partial charge in [-0.3, -0.25) is 0 Å². The van der Waals surface area contributed by atoms with Crippen LogP contribution in [0.5, 0.6) is 0 Å². The molecule has 1 atom stereocenters. The Bertz CT molecular complexity index is 746. The molecule has 126 valence electrons. The molecular weight excluding hydrogens is 315 g/mol. The summed E-state index contributed by atoms with van der Waals surface area (Å²) in [6.07, 6.45) is 3.37. The number of ether oxygens (including phenoxy) is 2. The summed E-state index contributed by atoms with van der Waals surface area (Å²) in [5.41, 5.74) is 2.46. The number of hydrogen-bond donors (Lipinski definition) is 2. The molecule has 2 aromatic rings. The van der Waals surface area contributed by atoms with Crippen molar-refractivity contribution in [3.8, 4) is 0 Å². The molecule has 0 spiro atoms. The molecule has 3 rings (SSSR count). The lowest BCUT2D eigenvalue weighted by Crippen LogP contribution is -2.29. The van der Waals surface area contributed by atoms with Crippen LogP contribution in [-0.2, 0) is 9.47 Å². The van der Waals surface area contributed by atoms with E-state index in [1.54, 1.807) is 12.1 Å². The number of halogens is 1. The molecule has 24 heavy (non-hydrogen) atoms. The number of carbonyl (C=O) groups is 1. The summed E-state index contributed by atoms with van der Waals surface area (Å²) in [7, 11) is 1.26. The molecule has 0 saturated heterocycles. The fourth-order valence-corrected chi connectivity index (χ4v) is 2.60. The van der Waals surface area contributed by atoms with Crippen molar-refractivity contribution in [2.45, 2.75) is 12.5 Å². The zero-order valence-corrected chi connectivity index (χ0v) is 13.1. The molecule has 0 radical (unpaired) electrons. The number of H-pyrrole nitrogens is 1. The van der Waals surface area contributed by atoms with Gasteiger partial charge in [-0.15, -0.1) is 0 Å². The number of aromatic amines is 1. The fraction of sp³-hybridized carbons (Fsp3) is 0.312. The van der Waals surface area contributed by atoms with Crippen LogP contribution in [0.3, 0.4) is 0 Å². The molecule has 1 aliphatic rings. The van der Waals surface area contributed by atoms with Gasteiger partial charge in [0.15, 0.2) is 0 Å². The molecule has 1 unspecified atom stereocenters. The summed E-state index contributed by atoms with van der Waals surface area (Å²) in [5, 5.41) is 12.8. The maximum absolute atomic E-state index is 14.6. The SMILES string of the molecule is COC(=O)NC(c1ccc(C2=CCOCC2)c(F)c1)c1cn[nH]n1. The van der Waals surface area contributed by atoms with Gasteiger partial charge in [-0.2, -0.15) is 15.4 Å². The van der Waals surface area contributed by atoms with Gasteiger partial charge in [0.05, 0.1) is 26.5 Å². The van der Waals surface area contributed by atoms with Crippen LogP contribution in [0, 0.1) is 5.82 Å². The van der Waals surface area contributed by atoms with Crippen molar-refractivity contribution in [3.05, 3.63) is 53.1 Å². The summed E-state index contributed by atoms with van der Waals surface area (Å²) >= 11 is 0. The van der Waals surface area contributed by atoms with Gasteiger partial charge in [0.2, 0.25) is 0 Å². The number of nitrogens with zero attached hydrogens (tertiary/aromatic N) is 2. The molecule has 2 N–H and O–H groups in total. The number of aromatic nitrogens is 3. The van der Waals surface area contributed by atoms with Gasteiger partial charge in [0, 0.05) is 5.56 Å². The van der Waals surface area contributed by atoms with Crippen molar-refractivity contribution >= 4 is 11.7 Å². The first-order valence-corrected chi connectivity index (χ1v) is 7.46. The summed E-state index contributed by atoms with van der Waals surface area (Å²) in [4.78, 5) is 11.6. The molecule has 0 saturated carbocycles. The Kier molecular flexibility index (Phi) is 4.85. The number of benzene rings is 1. The third-order valence-electron chi connectivity index (χ3n) is 3.81. The topological polar surface area (TPSA) is 89.1 Å². The van der Waals surface area contributed by atoms with E-state index >= 15 is 0 Å². The third kappa shape index (κ3) is 3.43. The quantitative estimate of drug-likeness (QED) is 0.896. The molecule has 2 heterocycles. The molecule has 0 fully saturated rings. The first-order chi connectivity index (χ1) is 11.7. The Morgan fingerprint density at radius 2 is 2.38 bits per heavy atom. The van der Waals surface area contributed by atoms with Crippen molar-refractivity contribution in [2.75, 3.05) is 20.3 Å². The van der Waals surface area contributed by atoms with Gasteiger partial charge in [0.25, 0.3) is 0 Å². The van der Waals surface area contributed by atoms with E-state index in [-0.39, 0.29) is 5.82 Å². The smallest absolute Gasteiger partial charge is 0.407 e. The van der Waals surface area contributed by atoms with Crippen LogP contribution in [0.2, 0.25) is 0 Å². The lowest BCUT2D eigenvalue weighted by Gasteiger charge is -2.18. The van der Waals surface area contributed by atoms with Gasteiger partial charge in [0.1, 0.15) is 17.6 Å². The zero-order valence-electron chi connectivity index (χ0n) is 13.1. The van der Waals surface area contributed by atoms with Crippen molar-refractivity contribution in [1.29, 1.82) is 0 Å². The van der Waals surface area contributed by atoms with Crippen LogP contribution in [0.15, 0.2) is 30.5 Å². The Labute approximate surface area is 137 Å². The summed E-state index contributed by atoms with van der Waals surface area (Å²) in [5.74, 6) is -0.360. The second kappa shape index (κ2) is 7.22. The van der Waals surface area contributed by atoms with E-state index in [0.717, 1.165) is 5.57 Å². The van der Waals surface area contributed by atoms with Gasteiger partial charge in [-0.05, 0) is 23.6 Å². The number of hydrogen-bond acceptors (Lipinski definition) is 5. The van der Waals surface area contributed by atoms with Gasteiger partial charge < -0.3 is 14.8 Å². The minimum absolute atomic E-state index is 0.360. The fourth-order valence-electron chi connectivity index (χ4n) is 2.60. The first-order valence-electron chi connectivity index (χ1n) is 7.46. The standard InChI is InChI=1S/C16H17FN4O3/c1-23-16(22)19-15(14-9-18-21-20-14)11-2-3-12(13(17)8-11)10-4-6-24-7-5-10/h2-4,8-9,15H,5-7H2,1H3,(H,19,22)(H,18,20,21). The highest BCUT2D eigenvalue weighted by molar-refractivity contribution is 5.69. The third-order valence-corrected chi connectivity index (χ3v) is 3.81. The van der Waals surface area contributed by atoms with E-state index in [0.29, 0.717) is 36.5 Å². The van der Waals surface area contributed by atoms with Crippen LogP contribution >= 0.6 is 0 Å². The summed E-state index contributed by atoms with van der Waals surface area (Å²) in [6.45, 7) is 1.07. The molecule has 0 aliphatic carbocycles. The van der Waals surface area contributed by atoms with E-state index in [2.05, 4.69) is 25.5 Å². The number of rotatable bonds is 4. The number of alkyl carbamates (subject to hydrolysis) is 1. The van der Waals surface area contributed by atoms with E-state index in [9.17, 15) is 9.18 Å². The Balaban J connectivity index is 1.92. The number of carbonyl (C=O) groups excluding carboxylic acids is 1. The lowest BCUT2D eigenvalue weighted by molar-refractivity contribution is 0.161. The molecular formula is C16H17FN4O3. The van der Waals surface area contributed by atoms with Gasteiger partial charge >= 0.3 is 6.09 Å². The van der Waals surface area contributed by atoms with Crippen LogP contribution in [0.25, 0.3) is 5.57 Å². The monoisotopic (exact) mass is 332 g/mol. The van der Waals surface area contributed by atoms with Crippen molar-refractivity contribution < 1.29 is 18.7 Å². The summed E-state index contributed by atoms with van der Waals surface area (Å²) in [6, 6.07) is 4.18. The van der Waals surface area contributed by atoms with Crippen molar-refractivity contribution in [3.63, 3.8) is 0 Å². The number of amides is 1. The molecule has 1 aromatic heterocycles. The maximum Gasteiger partial charge on any atom is 0.407 e. The summed E-state index contributed by atoms with van der Waals surface area (Å²) < 4.78 is 24.5.